The lowest BCUT2D eigenvalue weighted by atomic mass is 10.3. The van der Waals surface area contributed by atoms with Gasteiger partial charge in [-0.05, 0) is 32.8 Å². The van der Waals surface area contributed by atoms with Crippen LogP contribution in [0.1, 0.15) is 31.3 Å². The first-order valence-electron chi connectivity index (χ1n) is 9.68. The van der Waals surface area contributed by atoms with Gasteiger partial charge in [0.15, 0.2) is 5.82 Å². The number of aryl methyl sites for hydroxylation is 1. The molecule has 0 amide bonds. The number of aromatic nitrogens is 3. The van der Waals surface area contributed by atoms with Gasteiger partial charge < -0.3 is 19.8 Å². The summed E-state index contributed by atoms with van der Waals surface area (Å²) in [5.74, 6) is 1.48. The van der Waals surface area contributed by atoms with Crippen LogP contribution in [-0.4, -0.2) is 65.9 Å². The van der Waals surface area contributed by atoms with E-state index in [1.807, 2.05) is 19.9 Å². The van der Waals surface area contributed by atoms with E-state index in [-0.39, 0.29) is 5.75 Å². The van der Waals surface area contributed by atoms with Gasteiger partial charge in [-0.15, -0.1) is 0 Å². The normalized spacial score (nSPS) is 16.9. The number of anilines is 1. The van der Waals surface area contributed by atoms with Crippen molar-refractivity contribution in [2.75, 3.05) is 44.4 Å². The minimum Gasteiger partial charge on any atom is -0.382 e. The van der Waals surface area contributed by atoms with Gasteiger partial charge in [0.05, 0.1) is 17.9 Å². The predicted octanol–water partition coefficient (Wildman–Crippen LogP) is 1.30. The molecule has 0 saturated carbocycles. The van der Waals surface area contributed by atoms with E-state index in [1.165, 1.54) is 0 Å². The maximum absolute atomic E-state index is 11.8. The van der Waals surface area contributed by atoms with Crippen molar-refractivity contribution in [3.05, 3.63) is 17.6 Å². The molecule has 2 aromatic rings. The molecule has 0 atom stereocenters. The van der Waals surface area contributed by atoms with Gasteiger partial charge in [-0.1, -0.05) is 0 Å². The molecule has 3 rings (SSSR count). The van der Waals surface area contributed by atoms with E-state index < -0.39 is 10.0 Å². The van der Waals surface area contributed by atoms with Crippen LogP contribution < -0.4 is 5.73 Å². The monoisotopic (exact) mass is 411 g/mol. The first kappa shape index (κ1) is 21.0. The molecule has 0 bridgehead atoms. The summed E-state index contributed by atoms with van der Waals surface area (Å²) in [5.41, 5.74) is 8.47. The highest BCUT2D eigenvalue weighted by Crippen LogP contribution is 2.22. The fraction of sp³-hybridized carbons (Fsp3) is 0.667. The number of nitrogens with zero attached hydrogens (tertiary/aromatic N) is 4. The summed E-state index contributed by atoms with van der Waals surface area (Å²) in [6, 6.07) is 1.96. The van der Waals surface area contributed by atoms with Gasteiger partial charge in [-0.3, -0.25) is 0 Å². The molecule has 3 heterocycles. The lowest BCUT2D eigenvalue weighted by molar-refractivity contribution is 0.110. The summed E-state index contributed by atoms with van der Waals surface area (Å²) < 4.78 is 38.5. The topological polar surface area (TPSA) is 113 Å². The molecule has 28 heavy (non-hydrogen) atoms. The zero-order chi connectivity index (χ0) is 20.1. The molecule has 156 valence electrons. The summed E-state index contributed by atoms with van der Waals surface area (Å²) in [7, 11) is -3.03. The van der Waals surface area contributed by atoms with Crippen LogP contribution in [0.3, 0.4) is 0 Å². The fourth-order valence-corrected chi connectivity index (χ4v) is 4.98. The molecule has 2 aromatic heterocycles. The molecule has 0 spiro atoms. The lowest BCUT2D eigenvalue weighted by Gasteiger charge is -2.14. The molecule has 0 aliphatic carbocycles. The number of sulfonamides is 1. The molecule has 1 aliphatic rings. The van der Waals surface area contributed by atoms with Crippen molar-refractivity contribution < 1.29 is 17.9 Å². The van der Waals surface area contributed by atoms with Gasteiger partial charge in [0, 0.05) is 38.5 Å². The molecule has 0 radical (unpaired) electrons. The molecule has 9 nitrogen and oxygen atoms in total. The average molecular weight is 412 g/mol. The summed E-state index contributed by atoms with van der Waals surface area (Å²) in [5, 5.41) is 0. The van der Waals surface area contributed by atoms with E-state index in [0.29, 0.717) is 63.8 Å². The first-order valence-corrected chi connectivity index (χ1v) is 11.3. The van der Waals surface area contributed by atoms with Gasteiger partial charge in [-0.2, -0.15) is 0 Å². The van der Waals surface area contributed by atoms with Crippen LogP contribution in [0.2, 0.25) is 0 Å². The summed E-state index contributed by atoms with van der Waals surface area (Å²) in [6.07, 6.45) is 1.41. The molecular weight excluding hydrogens is 382 g/mol. The molecule has 1 aliphatic heterocycles. The minimum atomic E-state index is -3.03. The Labute approximate surface area is 165 Å². The van der Waals surface area contributed by atoms with Crippen molar-refractivity contribution >= 4 is 26.9 Å². The zero-order valence-electron chi connectivity index (χ0n) is 16.6. The Hall–Kier alpha value is -1.75. The Bertz CT molecular complexity index is 912. The van der Waals surface area contributed by atoms with Crippen LogP contribution >= 0.6 is 0 Å². The van der Waals surface area contributed by atoms with Gasteiger partial charge >= 0.3 is 0 Å². The molecule has 2 N–H and O–H groups in total. The summed E-state index contributed by atoms with van der Waals surface area (Å²) in [6.45, 7) is 7.62. The third kappa shape index (κ3) is 4.80. The Kier molecular flexibility index (Phi) is 6.86. The first-order chi connectivity index (χ1) is 13.4. The average Bonchev–Trinajstić information content (AvgIpc) is 3.16. The summed E-state index contributed by atoms with van der Waals surface area (Å²) in [4.78, 5) is 8.88. The second kappa shape index (κ2) is 9.17. The third-order valence-electron chi connectivity index (χ3n) is 4.76. The second-order valence-corrected chi connectivity index (χ2v) is 8.96. The largest absolute Gasteiger partial charge is 0.382 e. The second-order valence-electron chi connectivity index (χ2n) is 6.87. The molecular formula is C18H29N5O4S. The molecule has 10 heteroatoms. The summed E-state index contributed by atoms with van der Waals surface area (Å²) >= 11 is 0. The molecule has 0 unspecified atom stereocenters. The molecule has 1 saturated heterocycles. The van der Waals surface area contributed by atoms with Crippen LogP contribution in [0.4, 0.5) is 5.82 Å². The van der Waals surface area contributed by atoms with Crippen LogP contribution in [0, 0.1) is 6.92 Å². The Morgan fingerprint density at radius 2 is 2.04 bits per heavy atom. The lowest BCUT2D eigenvalue weighted by Crippen LogP contribution is -2.27. The van der Waals surface area contributed by atoms with Crippen molar-refractivity contribution in [1.29, 1.82) is 0 Å². The quantitative estimate of drug-likeness (QED) is 0.586. The maximum atomic E-state index is 11.8. The number of pyridine rings is 1. The predicted molar refractivity (Wildman–Crippen MR) is 107 cm³/mol. The van der Waals surface area contributed by atoms with E-state index in [1.54, 1.807) is 4.31 Å². The number of imidazole rings is 1. The van der Waals surface area contributed by atoms with Gasteiger partial charge in [0.25, 0.3) is 0 Å². The van der Waals surface area contributed by atoms with Crippen molar-refractivity contribution in [3.8, 4) is 0 Å². The number of fused-ring (bicyclic) bond motifs is 1. The van der Waals surface area contributed by atoms with Crippen LogP contribution in [0.5, 0.6) is 0 Å². The van der Waals surface area contributed by atoms with Crippen molar-refractivity contribution in [2.24, 2.45) is 0 Å². The smallest absolute Gasteiger partial charge is 0.214 e. The third-order valence-corrected chi connectivity index (χ3v) is 6.72. The van der Waals surface area contributed by atoms with E-state index in [4.69, 9.17) is 15.2 Å². The number of rotatable bonds is 10. The fourth-order valence-electron chi connectivity index (χ4n) is 3.42. The Morgan fingerprint density at radius 3 is 2.75 bits per heavy atom. The van der Waals surface area contributed by atoms with Crippen LogP contribution in [-0.2, 0) is 32.6 Å². The van der Waals surface area contributed by atoms with E-state index in [2.05, 4.69) is 14.5 Å². The Balaban J connectivity index is 1.57. The maximum Gasteiger partial charge on any atom is 0.214 e. The highest BCUT2D eigenvalue weighted by molar-refractivity contribution is 7.89. The number of nitrogens with two attached hydrogens (primary N) is 1. The van der Waals surface area contributed by atoms with Crippen molar-refractivity contribution in [3.63, 3.8) is 0 Å². The van der Waals surface area contributed by atoms with Gasteiger partial charge in [-0.25, -0.2) is 22.7 Å². The van der Waals surface area contributed by atoms with Crippen molar-refractivity contribution in [1.82, 2.24) is 18.8 Å². The van der Waals surface area contributed by atoms with Crippen LogP contribution in [0.25, 0.3) is 11.0 Å². The van der Waals surface area contributed by atoms with Crippen molar-refractivity contribution in [2.45, 2.75) is 39.8 Å². The number of hydrogen-bond donors (Lipinski definition) is 1. The molecule has 0 aromatic carbocycles. The number of nitrogen functional groups attached to an aromatic ring is 1. The zero-order valence-corrected chi connectivity index (χ0v) is 17.4. The standard InChI is InChI=1S/C18H29N5O4S/c1-3-26-13-16-21-17-15(12-14(2)20-18(17)19)23(16)8-10-27-9-4-6-22-7-5-11-28(22,24)25/h12H,3-11,13H2,1-2H3,(H2,19,20). The highest BCUT2D eigenvalue weighted by atomic mass is 32.2. The van der Waals surface area contributed by atoms with E-state index in [9.17, 15) is 8.42 Å². The number of ether oxygens (including phenoxy) is 2. The van der Waals surface area contributed by atoms with Gasteiger partial charge in [0.2, 0.25) is 10.0 Å². The molecule has 1 fully saturated rings. The minimum absolute atomic E-state index is 0.265. The Morgan fingerprint density at radius 1 is 1.21 bits per heavy atom. The number of hydrogen-bond acceptors (Lipinski definition) is 7. The van der Waals surface area contributed by atoms with E-state index in [0.717, 1.165) is 23.5 Å². The van der Waals surface area contributed by atoms with Gasteiger partial charge in [0.1, 0.15) is 17.9 Å². The highest BCUT2D eigenvalue weighted by Gasteiger charge is 2.27. The SMILES string of the molecule is CCOCc1nc2c(N)nc(C)cc2n1CCOCCCN1CCCS1(=O)=O. The van der Waals surface area contributed by atoms with Crippen LogP contribution in [0.15, 0.2) is 6.07 Å². The van der Waals surface area contributed by atoms with E-state index >= 15 is 0 Å².